The Morgan fingerprint density at radius 3 is 2.44 bits per heavy atom. The van der Waals surface area contributed by atoms with E-state index >= 15 is 0 Å². The summed E-state index contributed by atoms with van der Waals surface area (Å²) in [6.45, 7) is 2.56. The van der Waals surface area contributed by atoms with E-state index in [4.69, 9.17) is 5.73 Å². The Balaban J connectivity index is 1.78. The zero-order valence-corrected chi connectivity index (χ0v) is 9.96. The molecule has 92 valence electrons. The van der Waals surface area contributed by atoms with Gasteiger partial charge in [0.1, 0.15) is 0 Å². The van der Waals surface area contributed by atoms with Crippen LogP contribution in [-0.4, -0.2) is 28.7 Å². The Hall–Kier alpha value is -0.610. The van der Waals surface area contributed by atoms with Crippen LogP contribution >= 0.6 is 0 Å². The van der Waals surface area contributed by atoms with Crippen LogP contribution in [0.1, 0.15) is 45.4 Å². The summed E-state index contributed by atoms with van der Waals surface area (Å²) in [4.78, 5) is 11.6. The first-order chi connectivity index (χ1) is 7.44. The van der Waals surface area contributed by atoms with E-state index in [0.717, 1.165) is 38.5 Å². The van der Waals surface area contributed by atoms with Crippen LogP contribution in [0.5, 0.6) is 0 Å². The molecule has 1 amide bonds. The van der Waals surface area contributed by atoms with Crippen LogP contribution < -0.4 is 11.1 Å². The summed E-state index contributed by atoms with van der Waals surface area (Å²) in [6.07, 6.45) is 5.20. The minimum Gasteiger partial charge on any atom is -0.388 e. The molecule has 4 N–H and O–H groups in total. The van der Waals surface area contributed by atoms with Crippen molar-refractivity contribution in [2.45, 2.75) is 56.6 Å². The standard InChI is InChI=1S/C12H22N2O2/c1-9-2-4-11(16,5-3-9)8-14-10(15)12(13)6-7-12/h9,16H,2-8,13H2,1H3,(H,14,15). The highest BCUT2D eigenvalue weighted by Crippen LogP contribution is 2.34. The van der Waals surface area contributed by atoms with Crippen LogP contribution in [0.15, 0.2) is 0 Å². The van der Waals surface area contributed by atoms with Gasteiger partial charge in [0, 0.05) is 6.54 Å². The monoisotopic (exact) mass is 226 g/mol. The fourth-order valence-electron chi connectivity index (χ4n) is 2.26. The lowest BCUT2D eigenvalue weighted by Gasteiger charge is -2.35. The van der Waals surface area contributed by atoms with Gasteiger partial charge in [0.05, 0.1) is 11.1 Å². The molecule has 0 unspecified atom stereocenters. The van der Waals surface area contributed by atoms with E-state index < -0.39 is 11.1 Å². The zero-order valence-electron chi connectivity index (χ0n) is 9.96. The molecule has 0 bridgehead atoms. The van der Waals surface area contributed by atoms with Crippen molar-refractivity contribution in [2.75, 3.05) is 6.54 Å². The van der Waals surface area contributed by atoms with Crippen LogP contribution in [0.4, 0.5) is 0 Å². The molecule has 2 saturated carbocycles. The van der Waals surface area contributed by atoms with E-state index in [1.807, 2.05) is 0 Å². The summed E-state index contributed by atoms with van der Waals surface area (Å²) in [5.41, 5.74) is 4.45. The van der Waals surface area contributed by atoms with E-state index in [9.17, 15) is 9.90 Å². The first-order valence-electron chi connectivity index (χ1n) is 6.23. The van der Waals surface area contributed by atoms with Gasteiger partial charge in [-0.3, -0.25) is 4.79 Å². The van der Waals surface area contributed by atoms with Crippen LogP contribution in [-0.2, 0) is 4.79 Å². The van der Waals surface area contributed by atoms with Gasteiger partial charge >= 0.3 is 0 Å². The zero-order chi connectivity index (χ0) is 11.8. The summed E-state index contributed by atoms with van der Waals surface area (Å²) >= 11 is 0. The predicted octanol–water partition coefficient (Wildman–Crippen LogP) is 0.535. The van der Waals surface area contributed by atoms with Gasteiger partial charge < -0.3 is 16.2 Å². The molecule has 4 nitrogen and oxygen atoms in total. The molecule has 0 aromatic rings. The molecule has 0 aromatic carbocycles. The third-order valence-corrected chi connectivity index (χ3v) is 4.02. The van der Waals surface area contributed by atoms with Gasteiger partial charge in [0.15, 0.2) is 0 Å². The first-order valence-corrected chi connectivity index (χ1v) is 6.23. The SMILES string of the molecule is CC1CCC(O)(CNC(=O)C2(N)CC2)CC1. The Labute approximate surface area is 96.6 Å². The molecule has 4 heteroatoms. The van der Waals surface area contributed by atoms with Crippen molar-refractivity contribution in [3.05, 3.63) is 0 Å². The number of hydrogen-bond acceptors (Lipinski definition) is 3. The number of carbonyl (C=O) groups excluding carboxylic acids is 1. The van der Waals surface area contributed by atoms with Crippen molar-refractivity contribution in [3.63, 3.8) is 0 Å². The summed E-state index contributed by atoms with van der Waals surface area (Å²) in [6, 6.07) is 0. The maximum Gasteiger partial charge on any atom is 0.240 e. The molecule has 0 saturated heterocycles. The van der Waals surface area contributed by atoms with E-state index in [1.54, 1.807) is 0 Å². The number of nitrogens with one attached hydrogen (secondary N) is 1. The predicted molar refractivity (Wildman–Crippen MR) is 61.7 cm³/mol. The molecular formula is C12H22N2O2. The maximum absolute atomic E-state index is 11.6. The van der Waals surface area contributed by atoms with Gasteiger partial charge in [-0.15, -0.1) is 0 Å². The molecule has 0 atom stereocenters. The molecule has 2 fully saturated rings. The van der Waals surface area contributed by atoms with Gasteiger partial charge in [-0.1, -0.05) is 6.92 Å². The molecule has 0 heterocycles. The van der Waals surface area contributed by atoms with E-state index in [0.29, 0.717) is 12.5 Å². The minimum absolute atomic E-state index is 0.0976. The lowest BCUT2D eigenvalue weighted by atomic mass is 9.79. The Morgan fingerprint density at radius 2 is 1.94 bits per heavy atom. The molecule has 2 aliphatic rings. The van der Waals surface area contributed by atoms with Gasteiger partial charge in [-0.25, -0.2) is 0 Å². The largest absolute Gasteiger partial charge is 0.388 e. The quantitative estimate of drug-likeness (QED) is 0.657. The second-order valence-corrected chi connectivity index (χ2v) is 5.75. The Morgan fingerprint density at radius 1 is 1.38 bits per heavy atom. The normalized spacial score (nSPS) is 36.8. The lowest BCUT2D eigenvalue weighted by Crippen LogP contribution is -2.50. The van der Waals surface area contributed by atoms with Crippen molar-refractivity contribution >= 4 is 5.91 Å². The fourth-order valence-corrected chi connectivity index (χ4v) is 2.26. The third-order valence-electron chi connectivity index (χ3n) is 4.02. The molecular weight excluding hydrogens is 204 g/mol. The second-order valence-electron chi connectivity index (χ2n) is 5.75. The topological polar surface area (TPSA) is 75.3 Å². The minimum atomic E-state index is -0.701. The van der Waals surface area contributed by atoms with Gasteiger partial charge in [0.25, 0.3) is 0 Å². The highest BCUT2D eigenvalue weighted by atomic mass is 16.3. The van der Waals surface area contributed by atoms with E-state index in [-0.39, 0.29) is 5.91 Å². The van der Waals surface area contributed by atoms with E-state index in [1.165, 1.54) is 0 Å². The van der Waals surface area contributed by atoms with Crippen LogP contribution in [0.2, 0.25) is 0 Å². The number of aliphatic hydroxyl groups is 1. The summed E-state index contributed by atoms with van der Waals surface area (Å²) in [5, 5.41) is 13.1. The van der Waals surface area contributed by atoms with Crippen LogP contribution in [0, 0.1) is 5.92 Å². The van der Waals surface area contributed by atoms with Crippen molar-refractivity contribution < 1.29 is 9.90 Å². The van der Waals surface area contributed by atoms with Crippen molar-refractivity contribution in [2.24, 2.45) is 11.7 Å². The molecule has 0 aliphatic heterocycles. The van der Waals surface area contributed by atoms with Gasteiger partial charge in [-0.2, -0.15) is 0 Å². The third kappa shape index (κ3) is 2.55. The summed E-state index contributed by atoms with van der Waals surface area (Å²) in [5.74, 6) is 0.597. The van der Waals surface area contributed by atoms with Crippen LogP contribution in [0.25, 0.3) is 0 Å². The average molecular weight is 226 g/mol. The molecule has 2 rings (SSSR count). The number of nitrogens with two attached hydrogens (primary N) is 1. The summed E-state index contributed by atoms with van der Waals surface area (Å²) in [7, 11) is 0. The average Bonchev–Trinajstić information content (AvgIpc) is 3.00. The molecule has 0 radical (unpaired) electrons. The fraction of sp³-hybridized carbons (Fsp3) is 0.917. The molecule has 2 aliphatic carbocycles. The lowest BCUT2D eigenvalue weighted by molar-refractivity contribution is -0.125. The van der Waals surface area contributed by atoms with Crippen molar-refractivity contribution in [3.8, 4) is 0 Å². The first kappa shape index (κ1) is 11.9. The highest BCUT2D eigenvalue weighted by molar-refractivity contribution is 5.89. The molecule has 0 spiro atoms. The van der Waals surface area contributed by atoms with E-state index in [2.05, 4.69) is 12.2 Å². The number of carbonyl (C=O) groups is 1. The summed E-state index contributed by atoms with van der Waals surface area (Å²) < 4.78 is 0. The highest BCUT2D eigenvalue weighted by Gasteiger charge is 2.46. The second kappa shape index (κ2) is 4.00. The van der Waals surface area contributed by atoms with Crippen molar-refractivity contribution in [1.82, 2.24) is 5.32 Å². The number of rotatable bonds is 3. The van der Waals surface area contributed by atoms with Gasteiger partial charge in [0.2, 0.25) is 5.91 Å². The Kier molecular flexibility index (Phi) is 2.97. The van der Waals surface area contributed by atoms with Crippen LogP contribution in [0.3, 0.4) is 0 Å². The smallest absolute Gasteiger partial charge is 0.240 e. The molecule has 16 heavy (non-hydrogen) atoms. The van der Waals surface area contributed by atoms with Gasteiger partial charge in [-0.05, 0) is 44.4 Å². The Bertz CT molecular complexity index is 279. The van der Waals surface area contributed by atoms with Crippen molar-refractivity contribution in [1.29, 1.82) is 0 Å². The number of hydrogen-bond donors (Lipinski definition) is 3. The maximum atomic E-state index is 11.6. The number of amides is 1. The molecule has 0 aromatic heterocycles.